The zero-order valence-electron chi connectivity index (χ0n) is 8.97. The van der Waals surface area contributed by atoms with E-state index < -0.39 is 40.4 Å². The summed E-state index contributed by atoms with van der Waals surface area (Å²) < 4.78 is 38.8. The second kappa shape index (κ2) is 4.01. The zero-order chi connectivity index (χ0) is 13.5. The number of carboxylic acid groups (broad SMARTS) is 1. The lowest BCUT2D eigenvalue weighted by atomic mass is 10.1. The molecular weight excluding hydrogens is 251 g/mol. The summed E-state index contributed by atoms with van der Waals surface area (Å²) in [6.07, 6.45) is 0.277. The Kier molecular flexibility index (Phi) is 2.76. The SMILES string of the molecule is O=C(O)C1(C(=O)Nc2cc(F)c(F)cc2F)CC1. The Bertz CT molecular complexity index is 541. The van der Waals surface area contributed by atoms with Gasteiger partial charge in [-0.15, -0.1) is 0 Å². The summed E-state index contributed by atoms with van der Waals surface area (Å²) >= 11 is 0. The highest BCUT2D eigenvalue weighted by molar-refractivity contribution is 6.10. The summed E-state index contributed by atoms with van der Waals surface area (Å²) in [6.45, 7) is 0. The summed E-state index contributed by atoms with van der Waals surface area (Å²) in [6, 6.07) is 0.756. The third-order valence-electron chi connectivity index (χ3n) is 2.85. The van der Waals surface area contributed by atoms with Gasteiger partial charge in [0, 0.05) is 12.1 Å². The van der Waals surface area contributed by atoms with Crippen molar-refractivity contribution in [2.45, 2.75) is 12.8 Å². The van der Waals surface area contributed by atoms with Gasteiger partial charge in [-0.3, -0.25) is 9.59 Å². The molecule has 1 aromatic carbocycles. The second-order valence-electron chi connectivity index (χ2n) is 4.09. The van der Waals surface area contributed by atoms with Crippen molar-refractivity contribution >= 4 is 17.6 Å². The highest BCUT2D eigenvalue weighted by Crippen LogP contribution is 2.46. The summed E-state index contributed by atoms with van der Waals surface area (Å²) in [4.78, 5) is 22.4. The molecule has 0 heterocycles. The highest BCUT2D eigenvalue weighted by Gasteiger charge is 2.57. The number of anilines is 1. The average Bonchev–Trinajstić information content (AvgIpc) is 3.06. The molecule has 18 heavy (non-hydrogen) atoms. The van der Waals surface area contributed by atoms with Gasteiger partial charge in [-0.25, -0.2) is 13.2 Å². The molecule has 1 aromatic rings. The van der Waals surface area contributed by atoms with E-state index in [9.17, 15) is 22.8 Å². The van der Waals surface area contributed by atoms with Gasteiger partial charge in [0.05, 0.1) is 5.69 Å². The van der Waals surface area contributed by atoms with Gasteiger partial charge in [-0.2, -0.15) is 0 Å². The smallest absolute Gasteiger partial charge is 0.319 e. The molecule has 0 aliphatic heterocycles. The summed E-state index contributed by atoms with van der Waals surface area (Å²) in [5, 5.41) is 10.8. The number of aliphatic carboxylic acids is 1. The number of nitrogens with one attached hydrogen (secondary N) is 1. The molecular formula is C11H8F3NO3. The summed E-state index contributed by atoms with van der Waals surface area (Å²) in [7, 11) is 0. The largest absolute Gasteiger partial charge is 0.480 e. The van der Waals surface area contributed by atoms with E-state index in [1.165, 1.54) is 0 Å². The van der Waals surface area contributed by atoms with Crippen LogP contribution in [-0.2, 0) is 9.59 Å². The lowest BCUT2D eigenvalue weighted by Crippen LogP contribution is -2.31. The number of carboxylic acids is 1. The number of hydrogen-bond donors (Lipinski definition) is 2. The molecule has 1 saturated carbocycles. The van der Waals surface area contributed by atoms with Gasteiger partial charge in [0.1, 0.15) is 11.2 Å². The molecule has 1 amide bonds. The van der Waals surface area contributed by atoms with E-state index in [-0.39, 0.29) is 18.9 Å². The molecule has 2 rings (SSSR count). The zero-order valence-corrected chi connectivity index (χ0v) is 8.97. The predicted octanol–water partition coefficient (Wildman–Crippen LogP) is 1.91. The van der Waals surface area contributed by atoms with Gasteiger partial charge in [-0.1, -0.05) is 0 Å². The van der Waals surface area contributed by atoms with Gasteiger partial charge < -0.3 is 10.4 Å². The van der Waals surface area contributed by atoms with Gasteiger partial charge in [0.2, 0.25) is 5.91 Å². The number of amides is 1. The molecule has 4 nitrogen and oxygen atoms in total. The number of halogens is 3. The molecule has 7 heteroatoms. The number of benzene rings is 1. The number of rotatable bonds is 3. The quantitative estimate of drug-likeness (QED) is 0.643. The normalized spacial score (nSPS) is 16.2. The molecule has 0 radical (unpaired) electrons. The second-order valence-corrected chi connectivity index (χ2v) is 4.09. The average molecular weight is 259 g/mol. The van der Waals surface area contributed by atoms with E-state index in [1.54, 1.807) is 0 Å². The lowest BCUT2D eigenvalue weighted by Gasteiger charge is -2.11. The molecule has 0 unspecified atom stereocenters. The van der Waals surface area contributed by atoms with Crippen molar-refractivity contribution in [3.8, 4) is 0 Å². The Morgan fingerprint density at radius 2 is 1.67 bits per heavy atom. The first kappa shape index (κ1) is 12.4. The standard InChI is InChI=1S/C11H8F3NO3/c12-5-3-7(14)8(4-6(5)13)15-9(16)11(1-2-11)10(17)18/h3-4H,1-2H2,(H,15,16)(H,17,18). The van der Waals surface area contributed by atoms with E-state index in [4.69, 9.17) is 5.11 Å². The first-order valence-electron chi connectivity index (χ1n) is 5.06. The number of carbonyl (C=O) groups is 2. The van der Waals surface area contributed by atoms with E-state index in [0.29, 0.717) is 6.07 Å². The molecule has 0 atom stereocenters. The molecule has 1 aliphatic rings. The maximum absolute atomic E-state index is 13.2. The van der Waals surface area contributed by atoms with Crippen molar-refractivity contribution < 1.29 is 27.9 Å². The van der Waals surface area contributed by atoms with Crippen LogP contribution < -0.4 is 5.32 Å². The molecule has 1 fully saturated rings. The predicted molar refractivity (Wildman–Crippen MR) is 54.2 cm³/mol. The van der Waals surface area contributed by atoms with Crippen LogP contribution in [0.25, 0.3) is 0 Å². The molecule has 0 spiro atoms. The summed E-state index contributed by atoms with van der Waals surface area (Å²) in [5.74, 6) is -6.12. The minimum absolute atomic E-state index is 0.138. The van der Waals surface area contributed by atoms with Crippen LogP contribution in [0.1, 0.15) is 12.8 Å². The van der Waals surface area contributed by atoms with Crippen LogP contribution in [0, 0.1) is 22.9 Å². The molecule has 96 valence electrons. The van der Waals surface area contributed by atoms with Crippen molar-refractivity contribution in [3.05, 3.63) is 29.6 Å². The third kappa shape index (κ3) is 1.92. The Balaban J connectivity index is 2.23. The maximum atomic E-state index is 13.2. The third-order valence-corrected chi connectivity index (χ3v) is 2.85. The monoisotopic (exact) mass is 259 g/mol. The Morgan fingerprint density at radius 3 is 2.17 bits per heavy atom. The van der Waals surface area contributed by atoms with E-state index in [0.717, 1.165) is 0 Å². The van der Waals surface area contributed by atoms with Gasteiger partial charge >= 0.3 is 5.97 Å². The van der Waals surface area contributed by atoms with Crippen molar-refractivity contribution in [1.29, 1.82) is 0 Å². The Morgan fingerprint density at radius 1 is 1.11 bits per heavy atom. The number of hydrogen-bond acceptors (Lipinski definition) is 2. The van der Waals surface area contributed by atoms with Crippen LogP contribution in [0.5, 0.6) is 0 Å². The minimum Gasteiger partial charge on any atom is -0.480 e. The van der Waals surface area contributed by atoms with Crippen molar-refractivity contribution in [3.63, 3.8) is 0 Å². The maximum Gasteiger partial charge on any atom is 0.319 e. The van der Waals surface area contributed by atoms with Crippen molar-refractivity contribution in [2.24, 2.45) is 5.41 Å². The van der Waals surface area contributed by atoms with Crippen LogP contribution in [0.4, 0.5) is 18.9 Å². The van der Waals surface area contributed by atoms with Crippen LogP contribution in [0.15, 0.2) is 12.1 Å². The van der Waals surface area contributed by atoms with Crippen molar-refractivity contribution in [1.82, 2.24) is 0 Å². The van der Waals surface area contributed by atoms with Crippen LogP contribution >= 0.6 is 0 Å². The number of carbonyl (C=O) groups excluding carboxylic acids is 1. The Labute approximate surface area is 99.4 Å². The fraction of sp³-hybridized carbons (Fsp3) is 0.273. The first-order valence-corrected chi connectivity index (χ1v) is 5.06. The fourth-order valence-electron chi connectivity index (χ4n) is 1.52. The topological polar surface area (TPSA) is 66.4 Å². The van der Waals surface area contributed by atoms with Gasteiger partial charge in [0.25, 0.3) is 0 Å². The van der Waals surface area contributed by atoms with Gasteiger partial charge in [0.15, 0.2) is 11.6 Å². The highest BCUT2D eigenvalue weighted by atomic mass is 19.2. The van der Waals surface area contributed by atoms with E-state index in [1.807, 2.05) is 5.32 Å². The van der Waals surface area contributed by atoms with Crippen LogP contribution in [-0.4, -0.2) is 17.0 Å². The van der Waals surface area contributed by atoms with Crippen LogP contribution in [0.2, 0.25) is 0 Å². The molecule has 0 aromatic heterocycles. The van der Waals surface area contributed by atoms with Gasteiger partial charge in [-0.05, 0) is 12.8 Å². The molecule has 2 N–H and O–H groups in total. The first-order chi connectivity index (χ1) is 8.36. The molecule has 1 aliphatic carbocycles. The van der Waals surface area contributed by atoms with E-state index >= 15 is 0 Å². The van der Waals surface area contributed by atoms with Crippen molar-refractivity contribution in [2.75, 3.05) is 5.32 Å². The summed E-state index contributed by atoms with van der Waals surface area (Å²) in [5.41, 5.74) is -2.15. The molecule has 0 bridgehead atoms. The lowest BCUT2D eigenvalue weighted by molar-refractivity contribution is -0.147. The van der Waals surface area contributed by atoms with E-state index in [2.05, 4.69) is 0 Å². The van der Waals surface area contributed by atoms with Crippen LogP contribution in [0.3, 0.4) is 0 Å². The molecule has 0 saturated heterocycles. The Hall–Kier alpha value is -2.05. The fourth-order valence-corrected chi connectivity index (χ4v) is 1.52. The minimum atomic E-state index is -1.57.